The molecule has 1 N–H and O–H groups in total. The molecule has 110 valence electrons. The fraction of sp³-hybridized carbons (Fsp3) is 0.667. The van der Waals surface area contributed by atoms with E-state index in [2.05, 4.69) is 41.3 Å². The van der Waals surface area contributed by atoms with Crippen LogP contribution < -0.4 is 5.32 Å². The van der Waals surface area contributed by atoms with Gasteiger partial charge in [0.1, 0.15) is 0 Å². The van der Waals surface area contributed by atoms with Crippen LogP contribution in [-0.4, -0.2) is 34.7 Å². The average Bonchev–Trinajstić information content (AvgIpc) is 3.09. The van der Waals surface area contributed by atoms with Gasteiger partial charge in [-0.25, -0.2) is 4.98 Å². The SMILES string of the molecule is CCCNC(Cc1cn2ccsc2n1)C1COC(C)C1. The lowest BCUT2D eigenvalue weighted by molar-refractivity contribution is 0.117. The van der Waals surface area contributed by atoms with Crippen molar-refractivity contribution in [2.45, 2.75) is 45.3 Å². The summed E-state index contributed by atoms with van der Waals surface area (Å²) in [7, 11) is 0. The smallest absolute Gasteiger partial charge is 0.193 e. The lowest BCUT2D eigenvalue weighted by atomic mass is 9.93. The number of thiazole rings is 1. The number of imidazole rings is 1. The summed E-state index contributed by atoms with van der Waals surface area (Å²) in [6.45, 7) is 6.33. The Morgan fingerprint density at radius 1 is 1.60 bits per heavy atom. The van der Waals surface area contributed by atoms with Crippen molar-refractivity contribution >= 4 is 16.3 Å². The van der Waals surface area contributed by atoms with Gasteiger partial charge in [0.2, 0.25) is 0 Å². The van der Waals surface area contributed by atoms with Gasteiger partial charge in [-0.3, -0.25) is 4.40 Å². The van der Waals surface area contributed by atoms with E-state index in [1.807, 2.05) is 0 Å². The first-order valence-corrected chi connectivity index (χ1v) is 8.40. The van der Waals surface area contributed by atoms with Crippen molar-refractivity contribution in [2.75, 3.05) is 13.2 Å². The summed E-state index contributed by atoms with van der Waals surface area (Å²) >= 11 is 1.69. The Balaban J connectivity index is 1.70. The number of rotatable bonds is 6. The van der Waals surface area contributed by atoms with E-state index in [1.165, 1.54) is 5.69 Å². The van der Waals surface area contributed by atoms with Gasteiger partial charge < -0.3 is 10.1 Å². The summed E-state index contributed by atoms with van der Waals surface area (Å²) in [5.41, 5.74) is 1.19. The van der Waals surface area contributed by atoms with E-state index in [0.29, 0.717) is 18.1 Å². The summed E-state index contributed by atoms with van der Waals surface area (Å²) in [5, 5.41) is 5.77. The minimum atomic E-state index is 0.399. The highest BCUT2D eigenvalue weighted by Gasteiger charge is 2.29. The second-order valence-electron chi connectivity index (χ2n) is 5.73. The van der Waals surface area contributed by atoms with Crippen molar-refractivity contribution in [1.82, 2.24) is 14.7 Å². The summed E-state index contributed by atoms with van der Waals surface area (Å²) < 4.78 is 7.86. The molecule has 2 aromatic rings. The standard InChI is InChI=1S/C15H23N3OS/c1-3-4-16-14(12-7-11(2)19-10-12)8-13-9-18-5-6-20-15(18)17-13/h5-6,9,11-12,14,16H,3-4,7-8,10H2,1-2H3. The number of nitrogens with zero attached hydrogens (tertiary/aromatic N) is 2. The van der Waals surface area contributed by atoms with Gasteiger partial charge >= 0.3 is 0 Å². The number of hydrogen-bond donors (Lipinski definition) is 1. The van der Waals surface area contributed by atoms with Crippen LogP contribution in [0, 0.1) is 5.92 Å². The third-order valence-corrected chi connectivity index (χ3v) is 4.80. The number of aromatic nitrogens is 2. The Hall–Kier alpha value is -0.910. The first kappa shape index (κ1) is 14.0. The summed E-state index contributed by atoms with van der Waals surface area (Å²) in [6.07, 6.45) is 7.95. The molecule has 0 bridgehead atoms. The molecule has 2 aromatic heterocycles. The fourth-order valence-electron chi connectivity index (χ4n) is 2.97. The van der Waals surface area contributed by atoms with E-state index in [1.54, 1.807) is 11.3 Å². The molecular formula is C15H23N3OS. The second-order valence-corrected chi connectivity index (χ2v) is 6.60. The van der Waals surface area contributed by atoms with Crippen LogP contribution in [0.3, 0.4) is 0 Å². The van der Waals surface area contributed by atoms with Crippen molar-refractivity contribution in [3.63, 3.8) is 0 Å². The molecule has 0 spiro atoms. The van der Waals surface area contributed by atoms with E-state index in [-0.39, 0.29) is 0 Å². The van der Waals surface area contributed by atoms with Gasteiger partial charge in [-0.2, -0.15) is 0 Å². The van der Waals surface area contributed by atoms with Crippen molar-refractivity contribution in [3.05, 3.63) is 23.5 Å². The van der Waals surface area contributed by atoms with Crippen LogP contribution in [0.2, 0.25) is 0 Å². The Bertz CT molecular complexity index is 522. The van der Waals surface area contributed by atoms with Crippen LogP contribution >= 0.6 is 11.3 Å². The molecule has 3 rings (SSSR count). The van der Waals surface area contributed by atoms with E-state index in [4.69, 9.17) is 9.72 Å². The maximum Gasteiger partial charge on any atom is 0.193 e. The van der Waals surface area contributed by atoms with Gasteiger partial charge in [0.05, 0.1) is 18.4 Å². The molecule has 3 atom stereocenters. The Labute approximate surface area is 124 Å². The van der Waals surface area contributed by atoms with E-state index >= 15 is 0 Å². The maximum absolute atomic E-state index is 5.74. The topological polar surface area (TPSA) is 38.6 Å². The van der Waals surface area contributed by atoms with E-state index in [0.717, 1.165) is 37.4 Å². The zero-order valence-corrected chi connectivity index (χ0v) is 13.0. The Kier molecular flexibility index (Phi) is 4.38. The van der Waals surface area contributed by atoms with Crippen molar-refractivity contribution < 1.29 is 4.74 Å². The van der Waals surface area contributed by atoms with E-state index < -0.39 is 0 Å². The van der Waals surface area contributed by atoms with Gasteiger partial charge in [-0.15, -0.1) is 11.3 Å². The van der Waals surface area contributed by atoms with Gasteiger partial charge in [0, 0.05) is 36.2 Å². The van der Waals surface area contributed by atoms with Crippen molar-refractivity contribution in [3.8, 4) is 0 Å². The third kappa shape index (κ3) is 3.05. The first-order valence-electron chi connectivity index (χ1n) is 7.52. The average molecular weight is 293 g/mol. The molecule has 1 aliphatic rings. The quantitative estimate of drug-likeness (QED) is 0.890. The summed E-state index contributed by atoms with van der Waals surface area (Å²) in [6, 6.07) is 0.476. The zero-order chi connectivity index (χ0) is 13.9. The lowest BCUT2D eigenvalue weighted by Crippen LogP contribution is -2.39. The summed E-state index contributed by atoms with van der Waals surface area (Å²) in [4.78, 5) is 5.80. The number of hydrogen-bond acceptors (Lipinski definition) is 4. The van der Waals surface area contributed by atoms with Crippen LogP contribution in [0.1, 0.15) is 32.4 Å². The third-order valence-electron chi connectivity index (χ3n) is 4.03. The predicted molar refractivity (Wildman–Crippen MR) is 82.4 cm³/mol. The molecule has 0 amide bonds. The summed E-state index contributed by atoms with van der Waals surface area (Å²) in [5.74, 6) is 0.608. The van der Waals surface area contributed by atoms with Gasteiger partial charge in [0.25, 0.3) is 0 Å². The van der Waals surface area contributed by atoms with Crippen molar-refractivity contribution in [1.29, 1.82) is 0 Å². The second kappa shape index (κ2) is 6.24. The molecule has 0 saturated carbocycles. The van der Waals surface area contributed by atoms with Gasteiger partial charge in [-0.05, 0) is 26.3 Å². The molecule has 3 heterocycles. The van der Waals surface area contributed by atoms with Crippen LogP contribution in [0.25, 0.3) is 4.96 Å². The Morgan fingerprint density at radius 3 is 3.20 bits per heavy atom. The monoisotopic (exact) mass is 293 g/mol. The molecule has 0 radical (unpaired) electrons. The minimum Gasteiger partial charge on any atom is -0.378 e. The lowest BCUT2D eigenvalue weighted by Gasteiger charge is -2.23. The molecule has 1 saturated heterocycles. The van der Waals surface area contributed by atoms with Crippen LogP contribution in [-0.2, 0) is 11.2 Å². The molecule has 0 aliphatic carbocycles. The number of nitrogens with one attached hydrogen (secondary N) is 1. The molecule has 20 heavy (non-hydrogen) atoms. The van der Waals surface area contributed by atoms with E-state index in [9.17, 15) is 0 Å². The van der Waals surface area contributed by atoms with Crippen LogP contribution in [0.5, 0.6) is 0 Å². The molecule has 4 nitrogen and oxygen atoms in total. The fourth-order valence-corrected chi connectivity index (χ4v) is 3.68. The maximum atomic E-state index is 5.74. The molecular weight excluding hydrogens is 270 g/mol. The molecule has 1 fully saturated rings. The normalized spacial score (nSPS) is 24.5. The number of ether oxygens (including phenoxy) is 1. The zero-order valence-electron chi connectivity index (χ0n) is 12.2. The molecule has 3 unspecified atom stereocenters. The van der Waals surface area contributed by atoms with Crippen LogP contribution in [0.4, 0.5) is 0 Å². The van der Waals surface area contributed by atoms with Gasteiger partial charge in [0.15, 0.2) is 4.96 Å². The predicted octanol–water partition coefficient (Wildman–Crippen LogP) is 2.73. The molecule has 0 aromatic carbocycles. The highest BCUT2D eigenvalue weighted by molar-refractivity contribution is 7.15. The van der Waals surface area contributed by atoms with Crippen LogP contribution in [0.15, 0.2) is 17.8 Å². The van der Waals surface area contributed by atoms with Gasteiger partial charge in [-0.1, -0.05) is 6.92 Å². The Morgan fingerprint density at radius 2 is 2.50 bits per heavy atom. The molecule has 5 heteroatoms. The van der Waals surface area contributed by atoms with Crippen molar-refractivity contribution in [2.24, 2.45) is 5.92 Å². The largest absolute Gasteiger partial charge is 0.378 e. The highest BCUT2D eigenvalue weighted by atomic mass is 32.1. The number of fused-ring (bicyclic) bond motifs is 1. The first-order chi connectivity index (χ1) is 9.76. The molecule has 1 aliphatic heterocycles. The minimum absolute atomic E-state index is 0.399. The highest BCUT2D eigenvalue weighted by Crippen LogP contribution is 2.24.